The first kappa shape index (κ1) is 11.5. The summed E-state index contributed by atoms with van der Waals surface area (Å²) in [6.45, 7) is 8.75. The lowest BCUT2D eigenvalue weighted by Gasteiger charge is -2.37. The van der Waals surface area contributed by atoms with Gasteiger partial charge in [-0.05, 0) is 36.7 Å². The van der Waals surface area contributed by atoms with E-state index in [-0.39, 0.29) is 22.3 Å². The zero-order valence-corrected chi connectivity index (χ0v) is 11.3. The highest BCUT2D eigenvalue weighted by molar-refractivity contribution is 6.05. The highest BCUT2D eigenvalue weighted by Crippen LogP contribution is 2.68. The molecule has 1 N–H and O–H groups in total. The van der Waals surface area contributed by atoms with Crippen LogP contribution in [-0.2, 0) is 4.79 Å². The molecular weight excluding hydrogens is 212 g/mol. The van der Waals surface area contributed by atoms with Crippen molar-refractivity contribution in [2.75, 3.05) is 0 Å². The van der Waals surface area contributed by atoms with E-state index in [1.807, 2.05) is 0 Å². The predicted molar refractivity (Wildman–Crippen MR) is 66.5 cm³/mol. The molecule has 3 rings (SSSR count). The fourth-order valence-electron chi connectivity index (χ4n) is 4.58. The Bertz CT molecular complexity index is 446. The molecule has 2 heteroatoms. The normalized spacial score (nSPS) is 47.6. The lowest BCUT2D eigenvalue weighted by Crippen LogP contribution is -2.36. The summed E-state index contributed by atoms with van der Waals surface area (Å²) in [6, 6.07) is 0. The standard InChI is InChI=1S/C15H22O2/c1-13(2)7-10-11(8-13)14(3)5-9(16)6-15(14,4)12(10)17/h9,16H,5-8H2,1-4H3/t9-,14-,15+/m0/s1. The fraction of sp³-hybridized carbons (Fsp3) is 0.800. The molecule has 0 saturated heterocycles. The second kappa shape index (κ2) is 2.85. The number of allylic oxidation sites excluding steroid dienone is 2. The van der Waals surface area contributed by atoms with Crippen molar-refractivity contribution < 1.29 is 9.90 Å². The SMILES string of the molecule is CC1(C)CC2=C(C1)[C@]1(C)C[C@H](O)C[C@]1(C)C2=O. The minimum absolute atomic E-state index is 0.0768. The van der Waals surface area contributed by atoms with Gasteiger partial charge in [0.1, 0.15) is 0 Å². The molecule has 2 nitrogen and oxygen atoms in total. The molecule has 3 aliphatic carbocycles. The van der Waals surface area contributed by atoms with Gasteiger partial charge in [0.15, 0.2) is 5.78 Å². The van der Waals surface area contributed by atoms with Gasteiger partial charge < -0.3 is 5.11 Å². The molecule has 0 aromatic heterocycles. The highest BCUT2D eigenvalue weighted by atomic mass is 16.3. The third kappa shape index (κ3) is 1.17. The lowest BCUT2D eigenvalue weighted by molar-refractivity contribution is -0.126. The van der Waals surface area contributed by atoms with Crippen LogP contribution in [0.5, 0.6) is 0 Å². The van der Waals surface area contributed by atoms with Crippen LogP contribution in [-0.4, -0.2) is 17.0 Å². The zero-order chi connectivity index (χ0) is 12.6. The number of Topliss-reactive ketones (excluding diaryl/α,β-unsaturated/α-hetero) is 1. The van der Waals surface area contributed by atoms with Crippen molar-refractivity contribution in [2.45, 2.75) is 59.5 Å². The molecule has 1 fully saturated rings. The molecule has 94 valence electrons. The number of rotatable bonds is 0. The molecule has 0 amide bonds. The first-order chi connectivity index (χ1) is 7.70. The van der Waals surface area contributed by atoms with Crippen molar-refractivity contribution >= 4 is 5.78 Å². The smallest absolute Gasteiger partial charge is 0.165 e. The minimum atomic E-state index is -0.326. The molecule has 0 unspecified atom stereocenters. The van der Waals surface area contributed by atoms with Crippen molar-refractivity contribution in [3.63, 3.8) is 0 Å². The van der Waals surface area contributed by atoms with Crippen LogP contribution in [0.25, 0.3) is 0 Å². The van der Waals surface area contributed by atoms with Gasteiger partial charge in [0.25, 0.3) is 0 Å². The van der Waals surface area contributed by atoms with Crippen LogP contribution in [0.4, 0.5) is 0 Å². The van der Waals surface area contributed by atoms with Crippen LogP contribution >= 0.6 is 0 Å². The molecule has 0 bridgehead atoms. The molecule has 3 atom stereocenters. The molecule has 0 aromatic rings. The molecule has 1 saturated carbocycles. The maximum atomic E-state index is 12.7. The Morgan fingerprint density at radius 1 is 1.06 bits per heavy atom. The summed E-state index contributed by atoms with van der Waals surface area (Å²) in [6.07, 6.45) is 3.08. The molecule has 17 heavy (non-hydrogen) atoms. The Hall–Kier alpha value is -0.630. The van der Waals surface area contributed by atoms with Crippen molar-refractivity contribution in [3.8, 4) is 0 Å². The number of ketones is 1. The average Bonchev–Trinajstić information content (AvgIpc) is 2.66. The van der Waals surface area contributed by atoms with E-state index in [9.17, 15) is 9.90 Å². The Labute approximate surface area is 103 Å². The van der Waals surface area contributed by atoms with Gasteiger partial charge in [-0.15, -0.1) is 0 Å². The second-order valence-electron chi connectivity index (χ2n) is 7.53. The maximum absolute atomic E-state index is 12.7. The summed E-state index contributed by atoms with van der Waals surface area (Å²) < 4.78 is 0. The Kier molecular flexibility index (Phi) is 1.92. The maximum Gasteiger partial charge on any atom is 0.165 e. The molecule has 0 spiro atoms. The number of hydrogen-bond acceptors (Lipinski definition) is 2. The van der Waals surface area contributed by atoms with Gasteiger partial charge >= 0.3 is 0 Å². The van der Waals surface area contributed by atoms with Crippen molar-refractivity contribution in [3.05, 3.63) is 11.1 Å². The van der Waals surface area contributed by atoms with Crippen LogP contribution in [0.15, 0.2) is 11.1 Å². The molecule has 0 radical (unpaired) electrons. The minimum Gasteiger partial charge on any atom is -0.393 e. The van der Waals surface area contributed by atoms with Crippen molar-refractivity contribution in [2.24, 2.45) is 16.2 Å². The van der Waals surface area contributed by atoms with E-state index < -0.39 is 0 Å². The summed E-state index contributed by atoms with van der Waals surface area (Å²) in [5, 5.41) is 9.96. The number of hydrogen-bond donors (Lipinski definition) is 1. The number of aliphatic hydroxyl groups is 1. The van der Waals surface area contributed by atoms with Crippen LogP contribution in [0.3, 0.4) is 0 Å². The van der Waals surface area contributed by atoms with E-state index in [4.69, 9.17) is 0 Å². The van der Waals surface area contributed by atoms with E-state index in [1.54, 1.807) is 0 Å². The van der Waals surface area contributed by atoms with Crippen molar-refractivity contribution in [1.29, 1.82) is 0 Å². The largest absolute Gasteiger partial charge is 0.393 e. The number of aliphatic hydroxyl groups excluding tert-OH is 1. The van der Waals surface area contributed by atoms with Gasteiger partial charge in [-0.3, -0.25) is 4.79 Å². The van der Waals surface area contributed by atoms with Crippen LogP contribution in [0.2, 0.25) is 0 Å². The van der Waals surface area contributed by atoms with E-state index in [2.05, 4.69) is 27.7 Å². The van der Waals surface area contributed by atoms with Crippen LogP contribution in [0.1, 0.15) is 53.4 Å². The van der Waals surface area contributed by atoms with Crippen LogP contribution < -0.4 is 0 Å². The first-order valence-corrected chi connectivity index (χ1v) is 6.65. The lowest BCUT2D eigenvalue weighted by atomic mass is 9.64. The number of fused-ring (bicyclic) bond motifs is 2. The summed E-state index contributed by atoms with van der Waals surface area (Å²) in [5.74, 6) is 0.331. The van der Waals surface area contributed by atoms with Gasteiger partial charge in [-0.1, -0.05) is 33.3 Å². The van der Waals surface area contributed by atoms with E-state index in [0.717, 1.165) is 24.8 Å². The fourth-order valence-corrected chi connectivity index (χ4v) is 4.58. The van der Waals surface area contributed by atoms with Gasteiger partial charge in [-0.25, -0.2) is 0 Å². The predicted octanol–water partition coefficient (Wildman–Crippen LogP) is 2.85. The highest BCUT2D eigenvalue weighted by Gasteiger charge is 2.65. The Balaban J connectivity index is 2.10. The summed E-state index contributed by atoms with van der Waals surface area (Å²) in [4.78, 5) is 12.7. The average molecular weight is 234 g/mol. The van der Waals surface area contributed by atoms with E-state index in [0.29, 0.717) is 12.2 Å². The van der Waals surface area contributed by atoms with Gasteiger partial charge in [0.2, 0.25) is 0 Å². The molecule has 0 aliphatic heterocycles. The third-order valence-corrected chi connectivity index (χ3v) is 5.62. The summed E-state index contributed by atoms with van der Waals surface area (Å²) >= 11 is 0. The van der Waals surface area contributed by atoms with Gasteiger partial charge in [0, 0.05) is 10.8 Å². The van der Waals surface area contributed by atoms with E-state index in [1.165, 1.54) is 5.57 Å². The number of carbonyl (C=O) groups is 1. The molecule has 0 aromatic carbocycles. The number of carbonyl (C=O) groups excluding carboxylic acids is 1. The van der Waals surface area contributed by atoms with Crippen LogP contribution in [0, 0.1) is 16.2 Å². The Morgan fingerprint density at radius 3 is 2.29 bits per heavy atom. The molecule has 3 aliphatic rings. The monoisotopic (exact) mass is 234 g/mol. The van der Waals surface area contributed by atoms with E-state index >= 15 is 0 Å². The summed E-state index contributed by atoms with van der Waals surface area (Å²) in [7, 11) is 0. The second-order valence-corrected chi connectivity index (χ2v) is 7.53. The quantitative estimate of drug-likeness (QED) is 0.699. The van der Waals surface area contributed by atoms with Gasteiger partial charge in [-0.2, -0.15) is 0 Å². The zero-order valence-electron chi connectivity index (χ0n) is 11.3. The first-order valence-electron chi connectivity index (χ1n) is 6.65. The third-order valence-electron chi connectivity index (χ3n) is 5.62. The molecular formula is C15H22O2. The van der Waals surface area contributed by atoms with Gasteiger partial charge in [0.05, 0.1) is 6.10 Å². The Morgan fingerprint density at radius 2 is 1.65 bits per heavy atom. The summed E-state index contributed by atoms with van der Waals surface area (Å²) in [5.41, 5.74) is 2.30. The topological polar surface area (TPSA) is 37.3 Å². The van der Waals surface area contributed by atoms with Crippen molar-refractivity contribution in [1.82, 2.24) is 0 Å². The molecule has 0 heterocycles.